The van der Waals surface area contributed by atoms with E-state index < -0.39 is 0 Å². The second kappa shape index (κ2) is 8.61. The van der Waals surface area contributed by atoms with Crippen LogP contribution in [0.5, 0.6) is 0 Å². The Hall–Kier alpha value is -0.520. The van der Waals surface area contributed by atoms with Gasteiger partial charge in [-0.3, -0.25) is 0 Å². The molecule has 0 aromatic rings. The number of hydrogen-bond donors (Lipinski definition) is 0. The zero-order valence-corrected chi connectivity index (χ0v) is 11.1. The van der Waals surface area contributed by atoms with Crippen molar-refractivity contribution in [2.45, 2.75) is 65.2 Å². The molecule has 1 fully saturated rings. The van der Waals surface area contributed by atoms with Crippen LogP contribution in [0.1, 0.15) is 65.2 Å². The summed E-state index contributed by atoms with van der Waals surface area (Å²) >= 11 is 0. The fourth-order valence-corrected chi connectivity index (χ4v) is 2.60. The molecule has 0 heteroatoms. The van der Waals surface area contributed by atoms with E-state index in [0.29, 0.717) is 0 Å². The van der Waals surface area contributed by atoms with Crippen molar-refractivity contribution in [2.75, 3.05) is 0 Å². The van der Waals surface area contributed by atoms with Gasteiger partial charge in [0.2, 0.25) is 0 Å². The minimum Gasteiger partial charge on any atom is -0.0914 e. The summed E-state index contributed by atoms with van der Waals surface area (Å²) in [6, 6.07) is 0. The topological polar surface area (TPSA) is 0 Å². The second-order valence-corrected chi connectivity index (χ2v) is 5.12. The van der Waals surface area contributed by atoms with E-state index in [2.05, 4.69) is 38.2 Å². The van der Waals surface area contributed by atoms with Crippen LogP contribution < -0.4 is 0 Å². The lowest BCUT2D eigenvalue weighted by Gasteiger charge is -2.24. The van der Waals surface area contributed by atoms with E-state index in [1.165, 1.54) is 51.4 Å². The Morgan fingerprint density at radius 1 is 0.938 bits per heavy atom. The molecule has 0 saturated heterocycles. The van der Waals surface area contributed by atoms with Crippen LogP contribution in [0.2, 0.25) is 0 Å². The fourth-order valence-electron chi connectivity index (χ4n) is 2.60. The van der Waals surface area contributed by atoms with Crippen molar-refractivity contribution in [2.24, 2.45) is 11.8 Å². The lowest BCUT2D eigenvalue weighted by Crippen LogP contribution is -2.11. The summed E-state index contributed by atoms with van der Waals surface area (Å²) < 4.78 is 0. The minimum atomic E-state index is 0.870. The SMILES string of the molecule is CC=CC1CCC(C=CCCCCC)CC1. The van der Waals surface area contributed by atoms with Crippen LogP contribution in [0.4, 0.5) is 0 Å². The van der Waals surface area contributed by atoms with E-state index >= 15 is 0 Å². The van der Waals surface area contributed by atoms with Crippen LogP contribution in [0.25, 0.3) is 0 Å². The molecule has 0 radical (unpaired) electrons. The summed E-state index contributed by atoms with van der Waals surface area (Å²) in [6.07, 6.45) is 20.5. The van der Waals surface area contributed by atoms with Gasteiger partial charge < -0.3 is 0 Å². The first-order chi connectivity index (χ1) is 7.86. The molecule has 16 heavy (non-hydrogen) atoms. The number of hydrogen-bond acceptors (Lipinski definition) is 0. The molecule has 1 saturated carbocycles. The van der Waals surface area contributed by atoms with Gasteiger partial charge >= 0.3 is 0 Å². The number of rotatable bonds is 6. The number of unbranched alkanes of at least 4 members (excludes halogenated alkanes) is 3. The highest BCUT2D eigenvalue weighted by molar-refractivity contribution is 4.95. The standard InChI is InChI=1S/C16H28/c1-3-5-6-7-8-10-16-13-11-15(9-4-2)12-14-16/h4,8-10,15-16H,3,5-7,11-14H2,1-2H3. The van der Waals surface area contributed by atoms with Crippen LogP contribution in [0.3, 0.4) is 0 Å². The highest BCUT2D eigenvalue weighted by Crippen LogP contribution is 2.30. The molecule has 0 spiro atoms. The van der Waals surface area contributed by atoms with Crippen LogP contribution in [0, 0.1) is 11.8 Å². The van der Waals surface area contributed by atoms with Gasteiger partial charge in [0.25, 0.3) is 0 Å². The molecule has 0 aliphatic heterocycles. The summed E-state index contributed by atoms with van der Waals surface area (Å²) in [5, 5.41) is 0. The van der Waals surface area contributed by atoms with Gasteiger partial charge in [-0.15, -0.1) is 0 Å². The molecule has 0 bridgehead atoms. The van der Waals surface area contributed by atoms with Gasteiger partial charge in [-0.1, -0.05) is 44.1 Å². The quantitative estimate of drug-likeness (QED) is 0.409. The molecule has 0 aromatic heterocycles. The summed E-state index contributed by atoms with van der Waals surface area (Å²) in [7, 11) is 0. The van der Waals surface area contributed by atoms with Crippen molar-refractivity contribution < 1.29 is 0 Å². The first-order valence-electron chi connectivity index (χ1n) is 7.16. The molecule has 92 valence electrons. The molecule has 1 aliphatic rings. The number of allylic oxidation sites excluding steroid dienone is 4. The molecular weight excluding hydrogens is 192 g/mol. The van der Waals surface area contributed by atoms with Gasteiger partial charge in [-0.2, -0.15) is 0 Å². The maximum atomic E-state index is 2.49. The van der Waals surface area contributed by atoms with Crippen molar-refractivity contribution in [3.8, 4) is 0 Å². The monoisotopic (exact) mass is 220 g/mol. The van der Waals surface area contributed by atoms with Crippen molar-refractivity contribution in [3.05, 3.63) is 24.3 Å². The molecule has 1 rings (SSSR count). The Bertz CT molecular complexity index is 204. The minimum absolute atomic E-state index is 0.870. The van der Waals surface area contributed by atoms with Crippen LogP contribution in [-0.2, 0) is 0 Å². The lowest BCUT2D eigenvalue weighted by molar-refractivity contribution is 0.356. The maximum Gasteiger partial charge on any atom is -0.0233 e. The Balaban J connectivity index is 2.11. The predicted octanol–water partition coefficient (Wildman–Crippen LogP) is 5.51. The first-order valence-corrected chi connectivity index (χ1v) is 7.16. The molecule has 0 aromatic carbocycles. The predicted molar refractivity (Wildman–Crippen MR) is 73.5 cm³/mol. The van der Waals surface area contributed by atoms with Gasteiger partial charge in [0.15, 0.2) is 0 Å². The Kier molecular flexibility index (Phi) is 7.29. The summed E-state index contributed by atoms with van der Waals surface area (Å²) in [6.45, 7) is 4.41. The van der Waals surface area contributed by atoms with Gasteiger partial charge in [0.05, 0.1) is 0 Å². The van der Waals surface area contributed by atoms with Gasteiger partial charge in [-0.05, 0) is 57.3 Å². The highest BCUT2D eigenvalue weighted by Gasteiger charge is 2.16. The molecule has 0 unspecified atom stereocenters. The Morgan fingerprint density at radius 2 is 1.56 bits per heavy atom. The van der Waals surface area contributed by atoms with Gasteiger partial charge in [0, 0.05) is 0 Å². The van der Waals surface area contributed by atoms with E-state index in [0.717, 1.165) is 11.8 Å². The summed E-state index contributed by atoms with van der Waals surface area (Å²) in [5.41, 5.74) is 0. The normalized spacial score (nSPS) is 26.9. The molecule has 0 heterocycles. The van der Waals surface area contributed by atoms with E-state index in [1.54, 1.807) is 0 Å². The molecule has 1 aliphatic carbocycles. The molecule has 0 N–H and O–H groups in total. The van der Waals surface area contributed by atoms with E-state index in [1.807, 2.05) is 0 Å². The molecular formula is C16H28. The van der Waals surface area contributed by atoms with Gasteiger partial charge in [0.1, 0.15) is 0 Å². The Labute approximate surface area is 102 Å². The average Bonchev–Trinajstić information content (AvgIpc) is 2.31. The third kappa shape index (κ3) is 5.53. The lowest BCUT2D eigenvalue weighted by atomic mass is 9.81. The van der Waals surface area contributed by atoms with E-state index in [9.17, 15) is 0 Å². The fraction of sp³-hybridized carbons (Fsp3) is 0.750. The second-order valence-electron chi connectivity index (χ2n) is 5.12. The van der Waals surface area contributed by atoms with Crippen molar-refractivity contribution in [1.29, 1.82) is 0 Å². The highest BCUT2D eigenvalue weighted by atomic mass is 14.2. The van der Waals surface area contributed by atoms with Crippen molar-refractivity contribution >= 4 is 0 Å². The summed E-state index contributed by atoms with van der Waals surface area (Å²) in [4.78, 5) is 0. The first kappa shape index (κ1) is 13.5. The molecule has 0 atom stereocenters. The smallest absolute Gasteiger partial charge is 0.0233 e. The van der Waals surface area contributed by atoms with Crippen LogP contribution in [-0.4, -0.2) is 0 Å². The Morgan fingerprint density at radius 3 is 2.12 bits per heavy atom. The summed E-state index contributed by atoms with van der Waals surface area (Å²) in [5.74, 6) is 1.75. The zero-order chi connectivity index (χ0) is 11.6. The van der Waals surface area contributed by atoms with Crippen molar-refractivity contribution in [1.82, 2.24) is 0 Å². The third-order valence-corrected chi connectivity index (χ3v) is 3.66. The van der Waals surface area contributed by atoms with Crippen molar-refractivity contribution in [3.63, 3.8) is 0 Å². The third-order valence-electron chi connectivity index (χ3n) is 3.66. The zero-order valence-electron chi connectivity index (χ0n) is 11.1. The average molecular weight is 220 g/mol. The maximum absolute atomic E-state index is 2.49. The van der Waals surface area contributed by atoms with Crippen LogP contribution in [0.15, 0.2) is 24.3 Å². The molecule has 0 nitrogen and oxygen atoms in total. The van der Waals surface area contributed by atoms with Gasteiger partial charge in [-0.25, -0.2) is 0 Å². The van der Waals surface area contributed by atoms with E-state index in [4.69, 9.17) is 0 Å². The molecule has 0 amide bonds. The van der Waals surface area contributed by atoms with E-state index in [-0.39, 0.29) is 0 Å². The largest absolute Gasteiger partial charge is 0.0914 e. The van der Waals surface area contributed by atoms with Crippen LogP contribution >= 0.6 is 0 Å².